The first-order chi connectivity index (χ1) is 14.0. The lowest BCUT2D eigenvalue weighted by Crippen LogP contribution is -2.46. The zero-order valence-corrected chi connectivity index (χ0v) is 17.4. The SMILES string of the molecule is CC(c1ccc(N2CCCC2)cc1)N1CCC(O)(CC(=O)c2ccccc2)CC1. The van der Waals surface area contributed by atoms with E-state index in [1.165, 1.54) is 37.2 Å². The highest BCUT2D eigenvalue weighted by Gasteiger charge is 2.36. The van der Waals surface area contributed by atoms with Crippen LogP contribution in [-0.4, -0.2) is 47.6 Å². The summed E-state index contributed by atoms with van der Waals surface area (Å²) in [5.74, 6) is 0.0344. The van der Waals surface area contributed by atoms with Crippen molar-refractivity contribution in [2.75, 3.05) is 31.1 Å². The predicted octanol–water partition coefficient (Wildman–Crippen LogP) is 4.45. The summed E-state index contributed by atoms with van der Waals surface area (Å²) < 4.78 is 0. The lowest BCUT2D eigenvalue weighted by Gasteiger charge is -2.40. The number of Topliss-reactive ketones (excluding diaryl/α,β-unsaturated/α-hetero) is 1. The molecule has 2 fully saturated rings. The maximum absolute atomic E-state index is 12.5. The van der Waals surface area contributed by atoms with Gasteiger partial charge in [0.25, 0.3) is 0 Å². The highest BCUT2D eigenvalue weighted by Crippen LogP contribution is 2.32. The Labute approximate surface area is 174 Å². The number of piperidine rings is 1. The van der Waals surface area contributed by atoms with Gasteiger partial charge in [-0.1, -0.05) is 42.5 Å². The van der Waals surface area contributed by atoms with Crippen LogP contribution in [0.2, 0.25) is 0 Å². The Morgan fingerprint density at radius 1 is 0.966 bits per heavy atom. The number of hydrogen-bond acceptors (Lipinski definition) is 4. The van der Waals surface area contributed by atoms with E-state index in [1.807, 2.05) is 30.3 Å². The summed E-state index contributed by atoms with van der Waals surface area (Å²) in [6, 6.07) is 18.6. The number of likely N-dealkylation sites (tertiary alicyclic amines) is 1. The van der Waals surface area contributed by atoms with Gasteiger partial charge in [-0.15, -0.1) is 0 Å². The fourth-order valence-corrected chi connectivity index (χ4v) is 4.68. The van der Waals surface area contributed by atoms with Gasteiger partial charge in [-0.3, -0.25) is 9.69 Å². The van der Waals surface area contributed by atoms with Gasteiger partial charge in [0.15, 0.2) is 5.78 Å². The van der Waals surface area contributed by atoms with E-state index in [0.717, 1.165) is 13.1 Å². The monoisotopic (exact) mass is 392 g/mol. The van der Waals surface area contributed by atoms with Crippen LogP contribution >= 0.6 is 0 Å². The van der Waals surface area contributed by atoms with E-state index < -0.39 is 5.60 Å². The lowest BCUT2D eigenvalue weighted by molar-refractivity contribution is -0.0303. The molecule has 4 rings (SSSR count). The van der Waals surface area contributed by atoms with Crippen molar-refractivity contribution in [1.82, 2.24) is 4.90 Å². The van der Waals surface area contributed by atoms with Crippen molar-refractivity contribution in [3.63, 3.8) is 0 Å². The number of benzene rings is 2. The normalized spacial score (nSPS) is 20.6. The minimum atomic E-state index is -0.886. The first kappa shape index (κ1) is 20.1. The van der Waals surface area contributed by atoms with E-state index in [9.17, 15) is 9.90 Å². The van der Waals surface area contributed by atoms with Gasteiger partial charge in [0, 0.05) is 49.9 Å². The number of anilines is 1. The van der Waals surface area contributed by atoms with Crippen LogP contribution in [0.25, 0.3) is 0 Å². The molecule has 0 bridgehead atoms. The number of hydrogen-bond donors (Lipinski definition) is 1. The molecule has 29 heavy (non-hydrogen) atoms. The standard InChI is InChI=1S/C25H32N2O2/c1-20(21-9-11-23(12-10-21)27-15-5-6-16-27)26-17-13-25(29,14-18-26)19-24(28)22-7-3-2-4-8-22/h2-4,7-12,20,29H,5-6,13-19H2,1H3. The molecular weight excluding hydrogens is 360 g/mol. The molecule has 2 aromatic rings. The Bertz CT molecular complexity index is 804. The minimum Gasteiger partial charge on any atom is -0.389 e. The molecule has 1 unspecified atom stereocenters. The molecule has 2 saturated heterocycles. The predicted molar refractivity (Wildman–Crippen MR) is 117 cm³/mol. The van der Waals surface area contributed by atoms with E-state index in [-0.39, 0.29) is 12.2 Å². The quantitative estimate of drug-likeness (QED) is 0.738. The third-order valence-electron chi connectivity index (χ3n) is 6.71. The Balaban J connectivity index is 1.33. The van der Waals surface area contributed by atoms with Crippen molar-refractivity contribution < 1.29 is 9.90 Å². The van der Waals surface area contributed by atoms with Crippen LogP contribution in [0.5, 0.6) is 0 Å². The first-order valence-electron chi connectivity index (χ1n) is 10.9. The van der Waals surface area contributed by atoms with Crippen LogP contribution in [0.15, 0.2) is 54.6 Å². The third kappa shape index (κ3) is 4.71. The second kappa shape index (κ2) is 8.68. The summed E-state index contributed by atoms with van der Waals surface area (Å²) in [5.41, 5.74) is 2.45. The molecule has 4 heteroatoms. The van der Waals surface area contributed by atoms with E-state index in [0.29, 0.717) is 24.4 Å². The van der Waals surface area contributed by atoms with Crippen LogP contribution < -0.4 is 4.90 Å². The summed E-state index contributed by atoms with van der Waals surface area (Å²) >= 11 is 0. The number of rotatable bonds is 6. The Hall–Kier alpha value is -2.17. The largest absolute Gasteiger partial charge is 0.389 e. The zero-order chi connectivity index (χ0) is 20.3. The lowest BCUT2D eigenvalue weighted by atomic mass is 9.84. The topological polar surface area (TPSA) is 43.8 Å². The van der Waals surface area contributed by atoms with Gasteiger partial charge in [0.2, 0.25) is 0 Å². The van der Waals surface area contributed by atoms with Crippen LogP contribution in [0.1, 0.15) is 61.0 Å². The van der Waals surface area contributed by atoms with Gasteiger partial charge in [-0.2, -0.15) is 0 Å². The Morgan fingerprint density at radius 3 is 2.21 bits per heavy atom. The van der Waals surface area contributed by atoms with Gasteiger partial charge < -0.3 is 10.0 Å². The second-order valence-electron chi connectivity index (χ2n) is 8.69. The molecular formula is C25H32N2O2. The van der Waals surface area contributed by atoms with Crippen molar-refractivity contribution in [1.29, 1.82) is 0 Å². The molecule has 0 radical (unpaired) electrons. The number of carbonyl (C=O) groups excluding carboxylic acids is 1. The molecule has 4 nitrogen and oxygen atoms in total. The van der Waals surface area contributed by atoms with Gasteiger partial charge in [0.05, 0.1) is 5.60 Å². The molecule has 0 spiro atoms. The number of aliphatic hydroxyl groups is 1. The molecule has 2 aliphatic heterocycles. The molecule has 154 valence electrons. The molecule has 0 aliphatic carbocycles. The Morgan fingerprint density at radius 2 is 1.59 bits per heavy atom. The van der Waals surface area contributed by atoms with Crippen molar-refractivity contribution in [3.05, 3.63) is 65.7 Å². The fraction of sp³-hybridized carbons (Fsp3) is 0.480. The summed E-state index contributed by atoms with van der Waals surface area (Å²) in [7, 11) is 0. The van der Waals surface area contributed by atoms with E-state index in [1.54, 1.807) is 0 Å². The molecule has 2 heterocycles. The maximum Gasteiger partial charge on any atom is 0.165 e. The van der Waals surface area contributed by atoms with Gasteiger partial charge in [-0.05, 0) is 50.3 Å². The van der Waals surface area contributed by atoms with Gasteiger partial charge >= 0.3 is 0 Å². The van der Waals surface area contributed by atoms with Crippen molar-refractivity contribution in [2.24, 2.45) is 0 Å². The maximum atomic E-state index is 12.5. The molecule has 0 aromatic heterocycles. The smallest absolute Gasteiger partial charge is 0.165 e. The molecule has 2 aliphatic rings. The van der Waals surface area contributed by atoms with E-state index in [2.05, 4.69) is 41.0 Å². The highest BCUT2D eigenvalue weighted by atomic mass is 16.3. The highest BCUT2D eigenvalue weighted by molar-refractivity contribution is 5.96. The van der Waals surface area contributed by atoms with E-state index >= 15 is 0 Å². The second-order valence-corrected chi connectivity index (χ2v) is 8.69. The number of nitrogens with zero attached hydrogens (tertiary/aromatic N) is 2. The minimum absolute atomic E-state index is 0.0344. The third-order valence-corrected chi connectivity index (χ3v) is 6.71. The van der Waals surface area contributed by atoms with Crippen LogP contribution in [0.3, 0.4) is 0 Å². The molecule has 1 atom stereocenters. The average molecular weight is 393 g/mol. The van der Waals surface area contributed by atoms with Crippen molar-refractivity contribution >= 4 is 11.5 Å². The fourth-order valence-electron chi connectivity index (χ4n) is 4.68. The summed E-state index contributed by atoms with van der Waals surface area (Å²) in [6.07, 6.45) is 4.08. The molecule has 1 N–H and O–H groups in total. The first-order valence-corrected chi connectivity index (χ1v) is 10.9. The Kier molecular flexibility index (Phi) is 6.02. The van der Waals surface area contributed by atoms with Crippen LogP contribution in [0.4, 0.5) is 5.69 Å². The van der Waals surface area contributed by atoms with Crippen LogP contribution in [-0.2, 0) is 0 Å². The zero-order valence-electron chi connectivity index (χ0n) is 17.4. The molecule has 2 aromatic carbocycles. The van der Waals surface area contributed by atoms with E-state index in [4.69, 9.17) is 0 Å². The summed E-state index contributed by atoms with van der Waals surface area (Å²) in [5, 5.41) is 11.0. The molecule has 0 amide bonds. The van der Waals surface area contributed by atoms with Crippen molar-refractivity contribution in [2.45, 2.75) is 50.7 Å². The number of carbonyl (C=O) groups is 1. The van der Waals surface area contributed by atoms with Crippen molar-refractivity contribution in [3.8, 4) is 0 Å². The van der Waals surface area contributed by atoms with Gasteiger partial charge in [0.1, 0.15) is 0 Å². The average Bonchev–Trinajstić information content (AvgIpc) is 3.29. The summed E-state index contributed by atoms with van der Waals surface area (Å²) in [4.78, 5) is 17.4. The van der Waals surface area contributed by atoms with Crippen LogP contribution in [0, 0.1) is 0 Å². The number of ketones is 1. The van der Waals surface area contributed by atoms with Gasteiger partial charge in [-0.25, -0.2) is 0 Å². The molecule has 0 saturated carbocycles. The summed E-state index contributed by atoms with van der Waals surface area (Å²) in [6.45, 7) is 6.20.